The zero-order valence-electron chi connectivity index (χ0n) is 13.2. The van der Waals surface area contributed by atoms with E-state index in [1.807, 2.05) is 39.8 Å². The van der Waals surface area contributed by atoms with Crippen molar-refractivity contribution in [1.82, 2.24) is 15.0 Å². The number of pyridine rings is 1. The summed E-state index contributed by atoms with van der Waals surface area (Å²) in [6.07, 6.45) is 3.32. The summed E-state index contributed by atoms with van der Waals surface area (Å²) >= 11 is 1.38. The first-order valence-electron chi connectivity index (χ1n) is 7.05. The number of carbonyl (C=O) groups excluding carboxylic acids is 1. The quantitative estimate of drug-likeness (QED) is 0.479. The van der Waals surface area contributed by atoms with Crippen molar-refractivity contribution < 1.29 is 9.53 Å². The predicted molar refractivity (Wildman–Crippen MR) is 86.7 cm³/mol. The minimum absolute atomic E-state index is 0.103. The Bertz CT molecular complexity index is 660. The van der Waals surface area contributed by atoms with E-state index in [1.54, 1.807) is 12.4 Å². The van der Waals surface area contributed by atoms with Crippen molar-refractivity contribution in [1.29, 1.82) is 0 Å². The van der Waals surface area contributed by atoms with Crippen LogP contribution in [0, 0.1) is 13.8 Å². The lowest BCUT2D eigenvalue weighted by molar-refractivity contribution is -0.144. The molecule has 0 saturated heterocycles. The van der Waals surface area contributed by atoms with E-state index in [0.29, 0.717) is 5.82 Å². The third kappa shape index (κ3) is 4.27. The van der Waals surface area contributed by atoms with Crippen LogP contribution >= 0.6 is 11.8 Å². The lowest BCUT2D eigenvalue weighted by Gasteiger charge is -2.11. The Morgan fingerprint density at radius 1 is 1.23 bits per heavy atom. The van der Waals surface area contributed by atoms with E-state index in [1.165, 1.54) is 11.8 Å². The summed E-state index contributed by atoms with van der Waals surface area (Å²) < 4.78 is 5.15. The number of aromatic nitrogens is 3. The van der Waals surface area contributed by atoms with Gasteiger partial charge in [0.05, 0.1) is 11.9 Å². The van der Waals surface area contributed by atoms with E-state index in [-0.39, 0.29) is 17.8 Å². The molecule has 0 atom stereocenters. The van der Waals surface area contributed by atoms with Crippen molar-refractivity contribution in [2.75, 3.05) is 5.75 Å². The van der Waals surface area contributed by atoms with Crippen LogP contribution in [-0.4, -0.2) is 32.8 Å². The minimum atomic E-state index is -0.235. The van der Waals surface area contributed by atoms with Crippen molar-refractivity contribution >= 4 is 17.7 Å². The third-order valence-corrected chi connectivity index (χ3v) is 4.03. The van der Waals surface area contributed by atoms with Crippen molar-refractivity contribution in [2.24, 2.45) is 0 Å². The average Bonchev–Trinajstić information content (AvgIpc) is 2.48. The molecular formula is C16H19N3O2S. The van der Waals surface area contributed by atoms with Gasteiger partial charge in [-0.3, -0.25) is 9.78 Å². The van der Waals surface area contributed by atoms with Gasteiger partial charge in [0.15, 0.2) is 5.82 Å². The Kier molecular flexibility index (Phi) is 5.49. The maximum atomic E-state index is 11.7. The Balaban J connectivity index is 2.21. The molecule has 0 amide bonds. The first kappa shape index (κ1) is 16.4. The van der Waals surface area contributed by atoms with Crippen LogP contribution < -0.4 is 0 Å². The fourth-order valence-electron chi connectivity index (χ4n) is 1.80. The second-order valence-electron chi connectivity index (χ2n) is 5.13. The van der Waals surface area contributed by atoms with Gasteiger partial charge in [0, 0.05) is 29.2 Å². The molecule has 2 rings (SSSR count). The van der Waals surface area contributed by atoms with Crippen LogP contribution in [0.15, 0.2) is 29.6 Å². The van der Waals surface area contributed by atoms with Crippen LogP contribution in [0.25, 0.3) is 11.4 Å². The normalized spacial score (nSPS) is 10.8. The van der Waals surface area contributed by atoms with Gasteiger partial charge in [0.25, 0.3) is 0 Å². The Morgan fingerprint density at radius 2 is 1.91 bits per heavy atom. The standard InChI is InChI=1S/C16H19N3O2S/c1-10(2)21-14(20)9-22-16-11(3)12(4)18-15(19-16)13-5-7-17-8-6-13/h5-8,10H,9H2,1-4H3. The van der Waals surface area contributed by atoms with Crippen LogP contribution in [-0.2, 0) is 9.53 Å². The summed E-state index contributed by atoms with van der Waals surface area (Å²) in [5.41, 5.74) is 2.80. The first-order valence-corrected chi connectivity index (χ1v) is 8.04. The van der Waals surface area contributed by atoms with Gasteiger partial charge in [0.2, 0.25) is 0 Å². The largest absolute Gasteiger partial charge is 0.462 e. The van der Waals surface area contributed by atoms with Gasteiger partial charge in [-0.15, -0.1) is 0 Å². The maximum Gasteiger partial charge on any atom is 0.316 e. The monoisotopic (exact) mass is 317 g/mol. The molecule has 2 aromatic heterocycles. The molecule has 0 saturated carbocycles. The highest BCUT2D eigenvalue weighted by molar-refractivity contribution is 7.99. The molecule has 0 N–H and O–H groups in total. The van der Waals surface area contributed by atoms with E-state index in [4.69, 9.17) is 4.74 Å². The van der Waals surface area contributed by atoms with Crippen LogP contribution in [0.2, 0.25) is 0 Å². The second-order valence-corrected chi connectivity index (χ2v) is 6.09. The number of hydrogen-bond donors (Lipinski definition) is 0. The highest BCUT2D eigenvalue weighted by Gasteiger charge is 2.13. The number of rotatable bonds is 5. The Morgan fingerprint density at radius 3 is 2.55 bits per heavy atom. The molecule has 0 aliphatic carbocycles. The van der Waals surface area contributed by atoms with Gasteiger partial charge in [-0.1, -0.05) is 11.8 Å². The molecule has 6 heteroatoms. The van der Waals surface area contributed by atoms with Gasteiger partial charge >= 0.3 is 5.97 Å². The number of nitrogens with zero attached hydrogens (tertiary/aromatic N) is 3. The van der Waals surface area contributed by atoms with E-state index >= 15 is 0 Å². The van der Waals surface area contributed by atoms with Gasteiger partial charge in [-0.2, -0.15) is 0 Å². The van der Waals surface area contributed by atoms with Crippen molar-refractivity contribution in [3.63, 3.8) is 0 Å². The first-order chi connectivity index (χ1) is 10.5. The topological polar surface area (TPSA) is 65.0 Å². The molecule has 2 heterocycles. The molecule has 22 heavy (non-hydrogen) atoms. The van der Waals surface area contributed by atoms with Crippen LogP contribution in [0.1, 0.15) is 25.1 Å². The summed E-state index contributed by atoms with van der Waals surface area (Å²) in [6.45, 7) is 7.58. The second kappa shape index (κ2) is 7.35. The lowest BCUT2D eigenvalue weighted by atomic mass is 10.2. The number of thioether (sulfide) groups is 1. The highest BCUT2D eigenvalue weighted by atomic mass is 32.2. The SMILES string of the molecule is Cc1nc(-c2ccncc2)nc(SCC(=O)OC(C)C)c1C. The smallest absolute Gasteiger partial charge is 0.316 e. The third-order valence-electron chi connectivity index (χ3n) is 2.98. The number of ether oxygens (including phenoxy) is 1. The fraction of sp³-hybridized carbons (Fsp3) is 0.375. The molecule has 0 spiro atoms. The summed E-state index contributed by atoms with van der Waals surface area (Å²) in [5, 5.41) is 0.806. The summed E-state index contributed by atoms with van der Waals surface area (Å²) in [6, 6.07) is 3.73. The summed E-state index contributed by atoms with van der Waals surface area (Å²) in [4.78, 5) is 24.8. The van der Waals surface area contributed by atoms with Crippen molar-refractivity contribution in [3.8, 4) is 11.4 Å². The van der Waals surface area contributed by atoms with Crippen LogP contribution in [0.5, 0.6) is 0 Å². The highest BCUT2D eigenvalue weighted by Crippen LogP contribution is 2.25. The van der Waals surface area contributed by atoms with E-state index < -0.39 is 0 Å². The van der Waals surface area contributed by atoms with E-state index in [0.717, 1.165) is 21.8 Å². The van der Waals surface area contributed by atoms with Crippen molar-refractivity contribution in [2.45, 2.75) is 38.8 Å². The number of hydrogen-bond acceptors (Lipinski definition) is 6. The Labute approximate surface area is 134 Å². The molecule has 0 unspecified atom stereocenters. The van der Waals surface area contributed by atoms with Crippen LogP contribution in [0.3, 0.4) is 0 Å². The Hall–Kier alpha value is -1.95. The fourth-order valence-corrected chi connectivity index (χ4v) is 2.64. The van der Waals surface area contributed by atoms with Crippen molar-refractivity contribution in [3.05, 3.63) is 35.8 Å². The zero-order chi connectivity index (χ0) is 16.1. The molecule has 2 aromatic rings. The lowest BCUT2D eigenvalue weighted by Crippen LogP contribution is -2.13. The van der Waals surface area contributed by atoms with Gasteiger partial charge in [-0.25, -0.2) is 9.97 Å². The number of carbonyl (C=O) groups is 1. The minimum Gasteiger partial charge on any atom is -0.462 e. The van der Waals surface area contributed by atoms with Crippen LogP contribution in [0.4, 0.5) is 0 Å². The molecule has 116 valence electrons. The van der Waals surface area contributed by atoms with E-state index in [9.17, 15) is 4.79 Å². The summed E-state index contributed by atoms with van der Waals surface area (Å²) in [5.74, 6) is 0.650. The maximum absolute atomic E-state index is 11.7. The molecule has 0 aromatic carbocycles. The predicted octanol–water partition coefficient (Wildman–Crippen LogP) is 3.20. The van der Waals surface area contributed by atoms with E-state index in [2.05, 4.69) is 15.0 Å². The molecule has 0 bridgehead atoms. The molecule has 0 aliphatic rings. The molecule has 0 aliphatic heterocycles. The molecular weight excluding hydrogens is 298 g/mol. The van der Waals surface area contributed by atoms with Gasteiger partial charge in [0.1, 0.15) is 5.03 Å². The number of aryl methyl sites for hydroxylation is 1. The molecule has 0 fully saturated rings. The molecule has 0 radical (unpaired) electrons. The van der Waals surface area contributed by atoms with Gasteiger partial charge < -0.3 is 4.74 Å². The zero-order valence-corrected chi connectivity index (χ0v) is 14.0. The molecule has 5 nitrogen and oxygen atoms in total. The van der Waals surface area contributed by atoms with Gasteiger partial charge in [-0.05, 0) is 39.8 Å². The summed E-state index contributed by atoms with van der Waals surface area (Å²) in [7, 11) is 0. The average molecular weight is 317 g/mol. The number of esters is 1.